The topological polar surface area (TPSA) is 60.5 Å². The van der Waals surface area contributed by atoms with Crippen LogP contribution in [0, 0.1) is 0 Å². The number of pyridine rings is 1. The number of carbonyl (C=O) groups excluding carboxylic acids is 1. The summed E-state index contributed by atoms with van der Waals surface area (Å²) in [5.41, 5.74) is 1.49. The largest absolute Gasteiger partial charge is 0.475 e. The Labute approximate surface area is 168 Å². The van der Waals surface area contributed by atoms with Crippen LogP contribution in [0.25, 0.3) is 0 Å². The Balaban J connectivity index is 1.73. The van der Waals surface area contributed by atoms with Crippen LogP contribution >= 0.6 is 15.9 Å². The molecule has 1 N–H and O–H groups in total. The molecule has 0 atom stereocenters. The summed E-state index contributed by atoms with van der Waals surface area (Å²) < 4.78 is 11.7. The molecule has 1 aromatic carbocycles. The standard InChI is InChI=1S/C21H25BrN2O3/c1-26-12-13-27-19-16(6-5-11-23-19)15-24-20(25)21(9-2-3-10-21)17-7-4-8-18(22)14-17/h4-8,11,14H,2-3,9-10,12-13,15H2,1H3,(H,24,25). The predicted octanol–water partition coefficient (Wildman–Crippen LogP) is 4.00. The number of methoxy groups -OCH3 is 1. The van der Waals surface area contributed by atoms with Crippen molar-refractivity contribution in [3.63, 3.8) is 0 Å². The smallest absolute Gasteiger partial charge is 0.230 e. The van der Waals surface area contributed by atoms with Gasteiger partial charge >= 0.3 is 0 Å². The van der Waals surface area contributed by atoms with E-state index in [9.17, 15) is 4.79 Å². The number of benzene rings is 1. The highest BCUT2D eigenvalue weighted by Crippen LogP contribution is 2.42. The Morgan fingerprint density at radius 1 is 1.22 bits per heavy atom. The second-order valence-corrected chi connectivity index (χ2v) is 7.71. The molecule has 1 fully saturated rings. The van der Waals surface area contributed by atoms with Crippen molar-refractivity contribution in [2.45, 2.75) is 37.6 Å². The predicted molar refractivity (Wildman–Crippen MR) is 108 cm³/mol. The number of nitrogens with one attached hydrogen (secondary N) is 1. The van der Waals surface area contributed by atoms with Crippen LogP contribution in [-0.2, 0) is 21.5 Å². The first kappa shape index (κ1) is 19.8. The first-order valence-corrected chi connectivity index (χ1v) is 10.0. The van der Waals surface area contributed by atoms with Crippen molar-refractivity contribution in [3.8, 4) is 5.88 Å². The van der Waals surface area contributed by atoms with Gasteiger partial charge < -0.3 is 14.8 Å². The van der Waals surface area contributed by atoms with Gasteiger partial charge in [0.1, 0.15) is 6.61 Å². The third-order valence-corrected chi connectivity index (χ3v) is 5.58. The van der Waals surface area contributed by atoms with Gasteiger partial charge in [-0.05, 0) is 36.6 Å². The van der Waals surface area contributed by atoms with Crippen LogP contribution in [0.15, 0.2) is 47.1 Å². The van der Waals surface area contributed by atoms with Gasteiger partial charge in [0, 0.05) is 29.9 Å². The van der Waals surface area contributed by atoms with E-state index in [0.29, 0.717) is 25.6 Å². The quantitative estimate of drug-likeness (QED) is 0.640. The Hall–Kier alpha value is -1.92. The zero-order valence-electron chi connectivity index (χ0n) is 15.5. The molecule has 0 aliphatic heterocycles. The summed E-state index contributed by atoms with van der Waals surface area (Å²) >= 11 is 3.53. The molecule has 6 heteroatoms. The molecule has 3 rings (SSSR count). The van der Waals surface area contributed by atoms with E-state index in [-0.39, 0.29) is 5.91 Å². The minimum atomic E-state index is -0.455. The fourth-order valence-corrected chi connectivity index (χ4v) is 4.07. The molecular formula is C21H25BrN2O3. The molecule has 0 saturated heterocycles. The molecule has 1 aromatic heterocycles. The highest BCUT2D eigenvalue weighted by atomic mass is 79.9. The molecule has 144 valence electrons. The lowest BCUT2D eigenvalue weighted by atomic mass is 9.78. The van der Waals surface area contributed by atoms with E-state index in [2.05, 4.69) is 38.4 Å². The highest BCUT2D eigenvalue weighted by Gasteiger charge is 2.42. The maximum atomic E-state index is 13.2. The second-order valence-electron chi connectivity index (χ2n) is 6.79. The number of rotatable bonds is 8. The molecule has 1 heterocycles. The Kier molecular flexibility index (Phi) is 6.85. The van der Waals surface area contributed by atoms with Crippen LogP contribution in [-0.4, -0.2) is 31.2 Å². The van der Waals surface area contributed by atoms with Crippen molar-refractivity contribution >= 4 is 21.8 Å². The van der Waals surface area contributed by atoms with Gasteiger partial charge in [-0.2, -0.15) is 0 Å². The molecule has 0 spiro atoms. The summed E-state index contributed by atoms with van der Waals surface area (Å²) in [5, 5.41) is 3.12. The maximum Gasteiger partial charge on any atom is 0.230 e. The molecule has 0 bridgehead atoms. The first-order chi connectivity index (χ1) is 13.2. The third kappa shape index (κ3) is 4.68. The number of ether oxygens (including phenoxy) is 2. The molecule has 0 unspecified atom stereocenters. The summed E-state index contributed by atoms with van der Waals surface area (Å²) in [6, 6.07) is 11.9. The summed E-state index contributed by atoms with van der Waals surface area (Å²) in [6.07, 6.45) is 5.57. The minimum Gasteiger partial charge on any atom is -0.475 e. The van der Waals surface area contributed by atoms with E-state index >= 15 is 0 Å². The number of hydrogen-bond acceptors (Lipinski definition) is 4. The van der Waals surface area contributed by atoms with E-state index in [0.717, 1.165) is 41.3 Å². The molecule has 0 radical (unpaired) electrons. The van der Waals surface area contributed by atoms with Gasteiger partial charge in [-0.25, -0.2) is 4.98 Å². The number of hydrogen-bond donors (Lipinski definition) is 1. The van der Waals surface area contributed by atoms with E-state index in [4.69, 9.17) is 9.47 Å². The van der Waals surface area contributed by atoms with Crippen molar-refractivity contribution in [2.75, 3.05) is 20.3 Å². The number of amides is 1. The average Bonchev–Trinajstić information content (AvgIpc) is 3.18. The lowest BCUT2D eigenvalue weighted by molar-refractivity contribution is -0.126. The van der Waals surface area contributed by atoms with Gasteiger partial charge in [0.05, 0.1) is 12.0 Å². The molecule has 1 amide bonds. The van der Waals surface area contributed by atoms with Crippen molar-refractivity contribution in [2.24, 2.45) is 0 Å². The number of halogens is 1. The lowest BCUT2D eigenvalue weighted by Gasteiger charge is -2.28. The summed E-state index contributed by atoms with van der Waals surface area (Å²) in [6.45, 7) is 1.32. The molecule has 27 heavy (non-hydrogen) atoms. The second kappa shape index (κ2) is 9.33. The fourth-order valence-electron chi connectivity index (χ4n) is 3.67. The number of nitrogens with zero attached hydrogens (tertiary/aromatic N) is 1. The van der Waals surface area contributed by atoms with Crippen LogP contribution in [0.3, 0.4) is 0 Å². The zero-order valence-corrected chi connectivity index (χ0v) is 17.1. The average molecular weight is 433 g/mol. The Bertz CT molecular complexity index is 776. The van der Waals surface area contributed by atoms with E-state index in [1.807, 2.05) is 24.3 Å². The summed E-state index contributed by atoms with van der Waals surface area (Å²) in [4.78, 5) is 17.5. The van der Waals surface area contributed by atoms with Crippen molar-refractivity contribution in [1.29, 1.82) is 0 Å². The van der Waals surface area contributed by atoms with Gasteiger partial charge in [-0.1, -0.05) is 47.0 Å². The van der Waals surface area contributed by atoms with Crippen molar-refractivity contribution < 1.29 is 14.3 Å². The summed E-state index contributed by atoms with van der Waals surface area (Å²) in [7, 11) is 1.63. The van der Waals surface area contributed by atoms with Gasteiger partial charge in [0.15, 0.2) is 0 Å². The third-order valence-electron chi connectivity index (χ3n) is 5.08. The monoisotopic (exact) mass is 432 g/mol. The molecule has 2 aromatic rings. The van der Waals surface area contributed by atoms with Crippen LogP contribution in [0.5, 0.6) is 5.88 Å². The normalized spacial score (nSPS) is 15.5. The Morgan fingerprint density at radius 3 is 2.78 bits per heavy atom. The first-order valence-electron chi connectivity index (χ1n) is 9.26. The summed E-state index contributed by atoms with van der Waals surface area (Å²) in [5.74, 6) is 0.613. The van der Waals surface area contributed by atoms with Gasteiger partial charge in [0.25, 0.3) is 0 Å². The number of aromatic nitrogens is 1. The van der Waals surface area contributed by atoms with Crippen LogP contribution in [0.1, 0.15) is 36.8 Å². The van der Waals surface area contributed by atoms with Crippen LogP contribution < -0.4 is 10.1 Å². The SMILES string of the molecule is COCCOc1ncccc1CNC(=O)C1(c2cccc(Br)c2)CCCC1. The minimum absolute atomic E-state index is 0.0739. The van der Waals surface area contributed by atoms with E-state index in [1.54, 1.807) is 13.3 Å². The lowest BCUT2D eigenvalue weighted by Crippen LogP contribution is -2.42. The van der Waals surface area contributed by atoms with E-state index in [1.165, 1.54) is 0 Å². The number of carbonyl (C=O) groups is 1. The van der Waals surface area contributed by atoms with Gasteiger partial charge in [-0.15, -0.1) is 0 Å². The molecule has 1 saturated carbocycles. The highest BCUT2D eigenvalue weighted by molar-refractivity contribution is 9.10. The Morgan fingerprint density at radius 2 is 2.04 bits per heavy atom. The maximum absolute atomic E-state index is 13.2. The van der Waals surface area contributed by atoms with Gasteiger partial charge in [-0.3, -0.25) is 4.79 Å². The van der Waals surface area contributed by atoms with Crippen molar-refractivity contribution in [1.82, 2.24) is 10.3 Å². The fraction of sp³-hybridized carbons (Fsp3) is 0.429. The zero-order chi connectivity index (χ0) is 19.1. The van der Waals surface area contributed by atoms with Crippen LogP contribution in [0.4, 0.5) is 0 Å². The van der Waals surface area contributed by atoms with Gasteiger partial charge in [0.2, 0.25) is 11.8 Å². The van der Waals surface area contributed by atoms with Crippen LogP contribution in [0.2, 0.25) is 0 Å². The molecule has 5 nitrogen and oxygen atoms in total. The van der Waals surface area contributed by atoms with E-state index < -0.39 is 5.41 Å². The molecule has 1 aliphatic carbocycles. The van der Waals surface area contributed by atoms with Crippen molar-refractivity contribution in [3.05, 3.63) is 58.2 Å². The molecule has 1 aliphatic rings. The molecular weight excluding hydrogens is 408 g/mol.